The third-order valence-corrected chi connectivity index (χ3v) is 4.52. The van der Waals surface area contributed by atoms with E-state index in [2.05, 4.69) is 13.0 Å². The summed E-state index contributed by atoms with van der Waals surface area (Å²) in [4.78, 5) is 10.4. The smallest absolute Gasteiger partial charge is 0.303 e. The number of aliphatic hydroxyl groups is 1. The molecule has 0 fully saturated rings. The molecule has 0 radical (unpaired) electrons. The maximum atomic E-state index is 10.4. The van der Waals surface area contributed by atoms with E-state index >= 15 is 0 Å². The third-order valence-electron chi connectivity index (χ3n) is 4.52. The summed E-state index contributed by atoms with van der Waals surface area (Å²) in [6.45, 7) is 4.06. The van der Waals surface area contributed by atoms with E-state index in [0.29, 0.717) is 6.42 Å². The van der Waals surface area contributed by atoms with E-state index in [1.807, 2.05) is 13.0 Å². The zero-order valence-corrected chi connectivity index (χ0v) is 16.1. The van der Waals surface area contributed by atoms with Crippen LogP contribution in [0.2, 0.25) is 0 Å². The van der Waals surface area contributed by atoms with Gasteiger partial charge in [0.25, 0.3) is 0 Å². The number of hydrogen-bond acceptors (Lipinski definition) is 2. The molecule has 24 heavy (non-hydrogen) atoms. The van der Waals surface area contributed by atoms with Gasteiger partial charge >= 0.3 is 5.97 Å². The fourth-order valence-corrected chi connectivity index (χ4v) is 2.91. The first-order valence-electron chi connectivity index (χ1n) is 10.1. The maximum Gasteiger partial charge on any atom is 0.303 e. The first-order valence-corrected chi connectivity index (χ1v) is 10.1. The van der Waals surface area contributed by atoms with Gasteiger partial charge in [-0.05, 0) is 32.6 Å². The molecule has 3 heteroatoms. The molecule has 0 amide bonds. The summed E-state index contributed by atoms with van der Waals surface area (Å²) in [5, 5.41) is 18.7. The molecule has 0 saturated heterocycles. The van der Waals surface area contributed by atoms with Gasteiger partial charge in [-0.25, -0.2) is 0 Å². The first kappa shape index (κ1) is 23.2. The minimum atomic E-state index is -0.672. The lowest BCUT2D eigenvalue weighted by Crippen LogP contribution is -2.20. The van der Waals surface area contributed by atoms with E-state index < -0.39 is 11.6 Å². The van der Waals surface area contributed by atoms with Crippen LogP contribution in [0.1, 0.15) is 110 Å². The monoisotopic (exact) mass is 340 g/mol. The van der Waals surface area contributed by atoms with E-state index in [1.165, 1.54) is 51.4 Å². The Kier molecular flexibility index (Phi) is 15.1. The topological polar surface area (TPSA) is 57.5 Å². The second kappa shape index (κ2) is 15.7. The highest BCUT2D eigenvalue weighted by atomic mass is 16.4. The van der Waals surface area contributed by atoms with E-state index in [9.17, 15) is 9.90 Å². The minimum Gasteiger partial charge on any atom is -0.481 e. The SMILES string of the molecule is CCCC[C@](C)(O)/C=C\CCCCCCCCCCCCC(=O)O. The molecule has 0 aromatic rings. The molecular weight excluding hydrogens is 300 g/mol. The van der Waals surface area contributed by atoms with Crippen molar-refractivity contribution in [1.29, 1.82) is 0 Å². The number of carboxylic acid groups (broad SMARTS) is 1. The first-order chi connectivity index (χ1) is 11.5. The third kappa shape index (κ3) is 17.5. The highest BCUT2D eigenvalue weighted by Gasteiger charge is 2.14. The van der Waals surface area contributed by atoms with E-state index in [1.54, 1.807) is 0 Å². The molecule has 142 valence electrons. The molecule has 1 atom stereocenters. The zero-order valence-electron chi connectivity index (χ0n) is 16.1. The van der Waals surface area contributed by atoms with Crippen LogP contribution in [0, 0.1) is 0 Å². The number of carbonyl (C=O) groups is 1. The van der Waals surface area contributed by atoms with Gasteiger partial charge in [-0.3, -0.25) is 4.79 Å². The second-order valence-corrected chi connectivity index (χ2v) is 7.33. The van der Waals surface area contributed by atoms with Crippen molar-refractivity contribution in [1.82, 2.24) is 0 Å². The summed E-state index contributed by atoms with van der Waals surface area (Å²) in [6, 6.07) is 0. The van der Waals surface area contributed by atoms with Gasteiger partial charge in [0.05, 0.1) is 5.60 Å². The van der Waals surface area contributed by atoms with E-state index in [0.717, 1.165) is 38.5 Å². The van der Waals surface area contributed by atoms with Crippen molar-refractivity contribution < 1.29 is 15.0 Å². The average Bonchev–Trinajstić information content (AvgIpc) is 2.53. The second-order valence-electron chi connectivity index (χ2n) is 7.33. The number of aliphatic carboxylic acids is 1. The lowest BCUT2D eigenvalue weighted by molar-refractivity contribution is -0.137. The molecule has 0 aliphatic heterocycles. The molecular formula is C21H40O3. The average molecular weight is 341 g/mol. The van der Waals surface area contributed by atoms with Crippen molar-refractivity contribution >= 4 is 5.97 Å². The Hall–Kier alpha value is -0.830. The number of allylic oxidation sites excluding steroid dienone is 1. The Bertz CT molecular complexity index is 321. The largest absolute Gasteiger partial charge is 0.481 e. The molecule has 0 aromatic carbocycles. The Labute approximate surface area is 149 Å². The zero-order chi connectivity index (χ0) is 18.1. The van der Waals surface area contributed by atoms with Gasteiger partial charge < -0.3 is 10.2 Å². The molecule has 0 bridgehead atoms. The molecule has 0 saturated carbocycles. The van der Waals surface area contributed by atoms with Gasteiger partial charge in [-0.1, -0.05) is 83.3 Å². The van der Waals surface area contributed by atoms with Crippen LogP contribution in [-0.2, 0) is 4.79 Å². The number of rotatable bonds is 17. The Morgan fingerprint density at radius 2 is 1.38 bits per heavy atom. The van der Waals surface area contributed by atoms with Crippen LogP contribution in [0.4, 0.5) is 0 Å². The lowest BCUT2D eigenvalue weighted by atomic mass is 9.98. The van der Waals surface area contributed by atoms with Gasteiger partial charge in [0.2, 0.25) is 0 Å². The quantitative estimate of drug-likeness (QED) is 0.243. The summed E-state index contributed by atoms with van der Waals surface area (Å²) in [5.41, 5.74) is -0.625. The summed E-state index contributed by atoms with van der Waals surface area (Å²) < 4.78 is 0. The van der Waals surface area contributed by atoms with Gasteiger partial charge in [0.15, 0.2) is 0 Å². The van der Waals surface area contributed by atoms with Crippen LogP contribution in [-0.4, -0.2) is 21.8 Å². The summed E-state index contributed by atoms with van der Waals surface area (Å²) in [7, 11) is 0. The van der Waals surface area contributed by atoms with Crippen LogP contribution in [0.15, 0.2) is 12.2 Å². The van der Waals surface area contributed by atoms with E-state index in [-0.39, 0.29) is 0 Å². The summed E-state index contributed by atoms with van der Waals surface area (Å²) >= 11 is 0. The Morgan fingerprint density at radius 3 is 1.88 bits per heavy atom. The lowest BCUT2D eigenvalue weighted by Gasteiger charge is -2.18. The molecule has 0 aliphatic carbocycles. The van der Waals surface area contributed by atoms with E-state index in [4.69, 9.17) is 5.11 Å². The van der Waals surface area contributed by atoms with Crippen LogP contribution in [0.3, 0.4) is 0 Å². The number of carboxylic acids is 1. The van der Waals surface area contributed by atoms with Crippen LogP contribution >= 0.6 is 0 Å². The van der Waals surface area contributed by atoms with Gasteiger partial charge in [-0.15, -0.1) is 0 Å². The van der Waals surface area contributed by atoms with Crippen molar-refractivity contribution in [2.45, 2.75) is 116 Å². The highest BCUT2D eigenvalue weighted by molar-refractivity contribution is 5.66. The molecule has 0 heterocycles. The molecule has 0 aliphatic rings. The molecule has 2 N–H and O–H groups in total. The Morgan fingerprint density at radius 1 is 0.875 bits per heavy atom. The van der Waals surface area contributed by atoms with Gasteiger partial charge in [-0.2, -0.15) is 0 Å². The van der Waals surface area contributed by atoms with Crippen molar-refractivity contribution in [3.63, 3.8) is 0 Å². The van der Waals surface area contributed by atoms with Crippen molar-refractivity contribution in [2.24, 2.45) is 0 Å². The summed E-state index contributed by atoms with van der Waals surface area (Å²) in [6.07, 6.45) is 20.6. The maximum absolute atomic E-state index is 10.4. The number of unbranched alkanes of at least 4 members (excludes halogenated alkanes) is 11. The fourth-order valence-electron chi connectivity index (χ4n) is 2.91. The Balaban J connectivity index is 3.29. The molecule has 0 unspecified atom stereocenters. The van der Waals surface area contributed by atoms with Gasteiger partial charge in [0.1, 0.15) is 0 Å². The normalized spacial score (nSPS) is 14.1. The molecule has 0 rings (SSSR count). The van der Waals surface area contributed by atoms with Gasteiger partial charge in [0, 0.05) is 6.42 Å². The van der Waals surface area contributed by atoms with Crippen molar-refractivity contribution in [3.05, 3.63) is 12.2 Å². The molecule has 0 aromatic heterocycles. The summed E-state index contributed by atoms with van der Waals surface area (Å²) in [5.74, 6) is -0.672. The standard InChI is InChI=1S/C21H40O3/c1-3-4-18-21(2,24)19-16-14-12-10-8-6-5-7-9-11-13-15-17-20(22)23/h16,19,24H,3-15,17-18H2,1-2H3,(H,22,23)/b19-16-/t21-/m0/s1. The highest BCUT2D eigenvalue weighted by Crippen LogP contribution is 2.16. The van der Waals surface area contributed by atoms with Crippen LogP contribution < -0.4 is 0 Å². The predicted octanol–water partition coefficient (Wildman–Crippen LogP) is 6.25. The molecule has 0 spiro atoms. The van der Waals surface area contributed by atoms with Crippen LogP contribution in [0.5, 0.6) is 0 Å². The van der Waals surface area contributed by atoms with Crippen LogP contribution in [0.25, 0.3) is 0 Å². The fraction of sp³-hybridized carbons (Fsp3) is 0.857. The predicted molar refractivity (Wildman–Crippen MR) is 102 cm³/mol. The number of hydrogen-bond donors (Lipinski definition) is 2. The molecule has 3 nitrogen and oxygen atoms in total. The van der Waals surface area contributed by atoms with Crippen molar-refractivity contribution in [3.8, 4) is 0 Å². The minimum absolute atomic E-state index is 0.322. The van der Waals surface area contributed by atoms with Crippen molar-refractivity contribution in [2.75, 3.05) is 0 Å².